The number of nitrogens with two attached hydrogens (primary N) is 1. The van der Waals surface area contributed by atoms with Gasteiger partial charge in [0.05, 0.1) is 6.61 Å². The molecule has 1 heterocycles. The maximum atomic E-state index is 9.04. The predicted octanol–water partition coefficient (Wildman–Crippen LogP) is 0.966. The van der Waals surface area contributed by atoms with Crippen LogP contribution >= 0.6 is 0 Å². The van der Waals surface area contributed by atoms with Gasteiger partial charge in [-0.15, -0.1) is 0 Å². The molecule has 1 aromatic rings. The van der Waals surface area contributed by atoms with E-state index in [2.05, 4.69) is 21.8 Å². The van der Waals surface area contributed by atoms with Crippen molar-refractivity contribution >= 4 is 11.8 Å². The van der Waals surface area contributed by atoms with E-state index in [9.17, 15) is 0 Å². The summed E-state index contributed by atoms with van der Waals surface area (Å²) in [5.74, 6) is 1.11. The Labute approximate surface area is 96.3 Å². The summed E-state index contributed by atoms with van der Waals surface area (Å²) in [5, 5.41) is 9.04. The number of anilines is 2. The number of unbranched alkanes of at least 4 members (excludes halogenated alkanes) is 1. The molecule has 0 bridgehead atoms. The SMILES string of the molecule is CCCCN(CCO)c1nc(N)ncc1C. The molecule has 0 aliphatic carbocycles. The third-order valence-electron chi connectivity index (χ3n) is 2.41. The molecule has 0 spiro atoms. The fraction of sp³-hybridized carbons (Fsp3) is 0.636. The summed E-state index contributed by atoms with van der Waals surface area (Å²) in [7, 11) is 0. The minimum Gasteiger partial charge on any atom is -0.395 e. The number of rotatable bonds is 6. The number of nitrogen functional groups attached to an aromatic ring is 1. The van der Waals surface area contributed by atoms with Crippen molar-refractivity contribution < 1.29 is 5.11 Å². The molecule has 0 saturated heterocycles. The van der Waals surface area contributed by atoms with Crippen LogP contribution in [0.15, 0.2) is 6.20 Å². The lowest BCUT2D eigenvalue weighted by Crippen LogP contribution is -2.29. The fourth-order valence-corrected chi connectivity index (χ4v) is 1.56. The summed E-state index contributed by atoms with van der Waals surface area (Å²) >= 11 is 0. The molecule has 0 aliphatic rings. The van der Waals surface area contributed by atoms with Gasteiger partial charge in [0.1, 0.15) is 5.82 Å². The Balaban J connectivity index is 2.85. The normalized spacial score (nSPS) is 10.4. The average molecular weight is 224 g/mol. The van der Waals surface area contributed by atoms with Crippen LogP contribution in [-0.2, 0) is 0 Å². The zero-order valence-electron chi connectivity index (χ0n) is 9.98. The molecule has 0 saturated carbocycles. The van der Waals surface area contributed by atoms with Crippen LogP contribution in [0, 0.1) is 6.92 Å². The molecule has 90 valence electrons. The van der Waals surface area contributed by atoms with Crippen molar-refractivity contribution in [3.63, 3.8) is 0 Å². The number of aliphatic hydroxyl groups excluding tert-OH is 1. The first-order chi connectivity index (χ1) is 7.69. The van der Waals surface area contributed by atoms with E-state index < -0.39 is 0 Å². The van der Waals surface area contributed by atoms with E-state index in [1.807, 2.05) is 6.92 Å². The van der Waals surface area contributed by atoms with Crippen molar-refractivity contribution in [2.45, 2.75) is 26.7 Å². The molecule has 1 rings (SSSR count). The number of nitrogens with zero attached hydrogens (tertiary/aromatic N) is 3. The van der Waals surface area contributed by atoms with Gasteiger partial charge in [0, 0.05) is 24.8 Å². The van der Waals surface area contributed by atoms with Crippen LogP contribution in [0.5, 0.6) is 0 Å². The van der Waals surface area contributed by atoms with Gasteiger partial charge < -0.3 is 15.7 Å². The van der Waals surface area contributed by atoms with Gasteiger partial charge in [0.25, 0.3) is 0 Å². The molecule has 0 fully saturated rings. The molecule has 3 N–H and O–H groups in total. The summed E-state index contributed by atoms with van der Waals surface area (Å²) in [5.41, 5.74) is 6.56. The minimum atomic E-state index is 0.118. The second-order valence-electron chi connectivity index (χ2n) is 3.80. The first-order valence-electron chi connectivity index (χ1n) is 5.64. The largest absolute Gasteiger partial charge is 0.395 e. The molecule has 1 aromatic heterocycles. The molecule has 0 atom stereocenters. The third kappa shape index (κ3) is 3.34. The summed E-state index contributed by atoms with van der Waals surface area (Å²) in [6.07, 6.45) is 3.90. The van der Waals surface area contributed by atoms with Crippen molar-refractivity contribution in [1.82, 2.24) is 9.97 Å². The zero-order chi connectivity index (χ0) is 12.0. The van der Waals surface area contributed by atoms with Crippen LogP contribution < -0.4 is 10.6 Å². The molecule has 0 radical (unpaired) electrons. The van der Waals surface area contributed by atoms with Crippen LogP contribution in [0.3, 0.4) is 0 Å². The maximum Gasteiger partial charge on any atom is 0.221 e. The molecule has 5 heteroatoms. The first-order valence-corrected chi connectivity index (χ1v) is 5.64. The summed E-state index contributed by atoms with van der Waals surface area (Å²) in [4.78, 5) is 10.2. The molecular formula is C11H20N4O. The molecule has 0 aliphatic heterocycles. The lowest BCUT2D eigenvalue weighted by molar-refractivity contribution is 0.301. The van der Waals surface area contributed by atoms with Gasteiger partial charge >= 0.3 is 0 Å². The highest BCUT2D eigenvalue weighted by Gasteiger charge is 2.10. The topological polar surface area (TPSA) is 75.3 Å². The van der Waals surface area contributed by atoms with Gasteiger partial charge in [-0.1, -0.05) is 13.3 Å². The Morgan fingerprint density at radius 3 is 2.81 bits per heavy atom. The van der Waals surface area contributed by atoms with Gasteiger partial charge in [0.2, 0.25) is 5.95 Å². The Morgan fingerprint density at radius 1 is 1.44 bits per heavy atom. The predicted molar refractivity (Wildman–Crippen MR) is 65.4 cm³/mol. The third-order valence-corrected chi connectivity index (χ3v) is 2.41. The number of hydrogen-bond donors (Lipinski definition) is 2. The van der Waals surface area contributed by atoms with E-state index >= 15 is 0 Å². The number of aliphatic hydroxyl groups is 1. The van der Waals surface area contributed by atoms with E-state index in [1.54, 1.807) is 6.20 Å². The Kier molecular flexibility index (Phi) is 4.98. The van der Waals surface area contributed by atoms with Crippen LogP contribution in [0.25, 0.3) is 0 Å². The van der Waals surface area contributed by atoms with E-state index in [4.69, 9.17) is 10.8 Å². The number of aromatic nitrogens is 2. The quantitative estimate of drug-likeness (QED) is 0.753. The molecule has 0 aromatic carbocycles. The second kappa shape index (κ2) is 6.27. The summed E-state index contributed by atoms with van der Waals surface area (Å²) < 4.78 is 0. The van der Waals surface area contributed by atoms with Gasteiger partial charge in [-0.3, -0.25) is 0 Å². The molecule has 0 amide bonds. The standard InChI is InChI=1S/C11H20N4O/c1-3-4-5-15(6-7-16)10-9(2)8-13-11(12)14-10/h8,16H,3-7H2,1-2H3,(H2,12,13,14). The van der Waals surface area contributed by atoms with Crippen LogP contribution in [0.1, 0.15) is 25.3 Å². The van der Waals surface area contributed by atoms with E-state index in [0.717, 1.165) is 30.8 Å². The second-order valence-corrected chi connectivity index (χ2v) is 3.80. The highest BCUT2D eigenvalue weighted by Crippen LogP contribution is 2.17. The highest BCUT2D eigenvalue weighted by atomic mass is 16.3. The molecular weight excluding hydrogens is 204 g/mol. The van der Waals surface area contributed by atoms with Crippen LogP contribution in [0.4, 0.5) is 11.8 Å². The fourth-order valence-electron chi connectivity index (χ4n) is 1.56. The zero-order valence-corrected chi connectivity index (χ0v) is 9.98. The van der Waals surface area contributed by atoms with Gasteiger partial charge in [0.15, 0.2) is 0 Å². The minimum absolute atomic E-state index is 0.118. The van der Waals surface area contributed by atoms with Crippen molar-refractivity contribution in [1.29, 1.82) is 0 Å². The first kappa shape index (κ1) is 12.7. The highest BCUT2D eigenvalue weighted by molar-refractivity contribution is 5.47. The van der Waals surface area contributed by atoms with Crippen molar-refractivity contribution in [3.8, 4) is 0 Å². The summed E-state index contributed by atoms with van der Waals surface area (Å²) in [6.45, 7) is 5.67. The van der Waals surface area contributed by atoms with E-state index in [0.29, 0.717) is 6.54 Å². The smallest absolute Gasteiger partial charge is 0.221 e. The number of aryl methyl sites for hydroxylation is 1. The molecule has 16 heavy (non-hydrogen) atoms. The number of hydrogen-bond acceptors (Lipinski definition) is 5. The molecule has 5 nitrogen and oxygen atoms in total. The van der Waals surface area contributed by atoms with Gasteiger partial charge in [-0.05, 0) is 13.3 Å². The monoisotopic (exact) mass is 224 g/mol. The Hall–Kier alpha value is -1.36. The van der Waals surface area contributed by atoms with E-state index in [-0.39, 0.29) is 12.6 Å². The Morgan fingerprint density at radius 2 is 2.19 bits per heavy atom. The molecule has 0 unspecified atom stereocenters. The lowest BCUT2D eigenvalue weighted by Gasteiger charge is -2.24. The Bertz CT molecular complexity index is 330. The van der Waals surface area contributed by atoms with Crippen LogP contribution in [-0.4, -0.2) is 34.8 Å². The maximum absolute atomic E-state index is 9.04. The average Bonchev–Trinajstić information content (AvgIpc) is 2.28. The van der Waals surface area contributed by atoms with Crippen molar-refractivity contribution in [3.05, 3.63) is 11.8 Å². The lowest BCUT2D eigenvalue weighted by atomic mass is 10.2. The van der Waals surface area contributed by atoms with Crippen LogP contribution in [0.2, 0.25) is 0 Å². The summed E-state index contributed by atoms with van der Waals surface area (Å²) in [6, 6.07) is 0. The van der Waals surface area contributed by atoms with Crippen molar-refractivity contribution in [2.75, 3.05) is 30.3 Å². The van der Waals surface area contributed by atoms with Crippen molar-refractivity contribution in [2.24, 2.45) is 0 Å². The van der Waals surface area contributed by atoms with Gasteiger partial charge in [-0.2, -0.15) is 4.98 Å². The van der Waals surface area contributed by atoms with Gasteiger partial charge in [-0.25, -0.2) is 4.98 Å². The van der Waals surface area contributed by atoms with E-state index in [1.165, 1.54) is 0 Å².